The van der Waals surface area contributed by atoms with E-state index in [1.165, 1.54) is 11.3 Å². The third kappa shape index (κ3) is 2.27. The van der Waals surface area contributed by atoms with Crippen molar-refractivity contribution in [1.82, 2.24) is 4.98 Å². The smallest absolute Gasteiger partial charge is 0.256 e. The van der Waals surface area contributed by atoms with Gasteiger partial charge in [0.2, 0.25) is 0 Å². The molecule has 108 valence electrons. The molecule has 4 heteroatoms. The second-order valence-corrected chi connectivity index (χ2v) is 6.02. The van der Waals surface area contributed by atoms with Crippen molar-refractivity contribution in [3.8, 4) is 5.75 Å². The van der Waals surface area contributed by atoms with Crippen LogP contribution in [0.2, 0.25) is 0 Å². The largest absolute Gasteiger partial charge is 0.489 e. The number of thiophene rings is 1. The van der Waals surface area contributed by atoms with Crippen LogP contribution in [0, 0.1) is 0 Å². The van der Waals surface area contributed by atoms with Gasteiger partial charge in [-0.2, -0.15) is 0 Å². The average molecular weight is 307 g/mol. The topological polar surface area (TPSA) is 42.1 Å². The molecule has 0 saturated heterocycles. The van der Waals surface area contributed by atoms with Crippen molar-refractivity contribution in [2.45, 2.75) is 6.61 Å². The molecule has 0 amide bonds. The minimum Gasteiger partial charge on any atom is -0.489 e. The van der Waals surface area contributed by atoms with Crippen LogP contribution in [0.5, 0.6) is 5.75 Å². The number of aromatic amines is 1. The molecule has 0 saturated carbocycles. The van der Waals surface area contributed by atoms with Crippen LogP contribution in [0.3, 0.4) is 0 Å². The molecule has 0 bridgehead atoms. The zero-order valence-electron chi connectivity index (χ0n) is 11.7. The molecule has 0 aliphatic heterocycles. The minimum absolute atomic E-state index is 0.0560. The van der Waals surface area contributed by atoms with Gasteiger partial charge in [-0.15, -0.1) is 11.3 Å². The molecule has 0 atom stereocenters. The molecule has 0 aliphatic carbocycles. The predicted molar refractivity (Wildman–Crippen MR) is 90.7 cm³/mol. The number of ether oxygens (including phenoxy) is 1. The molecule has 2 aromatic heterocycles. The van der Waals surface area contributed by atoms with Gasteiger partial charge in [-0.25, -0.2) is 0 Å². The van der Waals surface area contributed by atoms with Gasteiger partial charge in [-0.1, -0.05) is 30.3 Å². The summed E-state index contributed by atoms with van der Waals surface area (Å²) in [5, 5.41) is 4.67. The first kappa shape index (κ1) is 13.1. The lowest BCUT2D eigenvalue weighted by molar-refractivity contribution is 0.306. The minimum atomic E-state index is -0.0560. The first-order valence-electron chi connectivity index (χ1n) is 7.01. The quantitative estimate of drug-likeness (QED) is 0.612. The van der Waals surface area contributed by atoms with E-state index in [2.05, 4.69) is 4.98 Å². The Balaban J connectivity index is 1.75. The maximum Gasteiger partial charge on any atom is 0.256 e. The number of benzene rings is 2. The van der Waals surface area contributed by atoms with E-state index >= 15 is 0 Å². The first-order valence-corrected chi connectivity index (χ1v) is 7.89. The van der Waals surface area contributed by atoms with Gasteiger partial charge in [-0.05, 0) is 35.2 Å². The molecule has 3 nitrogen and oxygen atoms in total. The Labute approximate surface area is 130 Å². The van der Waals surface area contributed by atoms with E-state index in [0.29, 0.717) is 12.0 Å². The fourth-order valence-corrected chi connectivity index (χ4v) is 3.36. The standard InChI is InChI=1S/C18H13NO2S/c20-17-14-7-6-13(21-11-12-4-2-1-3-5-12)10-16(14)15-8-9-22-18(15)19-17/h1-10H,11H2,(H,19,20). The molecule has 4 aromatic rings. The van der Waals surface area contributed by atoms with Gasteiger partial charge >= 0.3 is 0 Å². The second kappa shape index (κ2) is 5.31. The summed E-state index contributed by atoms with van der Waals surface area (Å²) in [4.78, 5) is 15.9. The van der Waals surface area contributed by atoms with E-state index in [1.54, 1.807) is 0 Å². The van der Waals surface area contributed by atoms with Crippen molar-refractivity contribution in [2.75, 3.05) is 0 Å². The fraction of sp³-hybridized carbons (Fsp3) is 0.0556. The Morgan fingerprint density at radius 1 is 0.955 bits per heavy atom. The maximum atomic E-state index is 12.1. The summed E-state index contributed by atoms with van der Waals surface area (Å²) in [5.74, 6) is 0.773. The first-order chi connectivity index (χ1) is 10.8. The number of H-pyrrole nitrogens is 1. The highest BCUT2D eigenvalue weighted by molar-refractivity contribution is 7.16. The zero-order chi connectivity index (χ0) is 14.9. The summed E-state index contributed by atoms with van der Waals surface area (Å²) < 4.78 is 5.86. The highest BCUT2D eigenvalue weighted by atomic mass is 32.1. The number of rotatable bonds is 3. The third-order valence-electron chi connectivity index (χ3n) is 3.67. The SMILES string of the molecule is O=c1[nH]c2sccc2c2cc(OCc3ccccc3)ccc12. The molecule has 0 unspecified atom stereocenters. The summed E-state index contributed by atoms with van der Waals surface area (Å²) in [7, 11) is 0. The van der Waals surface area contributed by atoms with Crippen LogP contribution in [0.4, 0.5) is 0 Å². The highest BCUT2D eigenvalue weighted by Gasteiger charge is 2.07. The summed E-state index contributed by atoms with van der Waals surface area (Å²) in [5.41, 5.74) is 1.06. The van der Waals surface area contributed by atoms with E-state index in [0.717, 1.165) is 26.9 Å². The van der Waals surface area contributed by atoms with Gasteiger partial charge in [-0.3, -0.25) is 4.79 Å². The van der Waals surface area contributed by atoms with E-state index in [-0.39, 0.29) is 5.56 Å². The van der Waals surface area contributed by atoms with Crippen LogP contribution in [0.15, 0.2) is 64.8 Å². The molecule has 0 radical (unpaired) electrons. The fourth-order valence-electron chi connectivity index (χ4n) is 2.56. The number of nitrogens with one attached hydrogen (secondary N) is 1. The van der Waals surface area contributed by atoms with Crippen LogP contribution in [0.1, 0.15) is 5.56 Å². The van der Waals surface area contributed by atoms with Crippen LogP contribution < -0.4 is 10.3 Å². The van der Waals surface area contributed by atoms with E-state index < -0.39 is 0 Å². The molecule has 22 heavy (non-hydrogen) atoms. The maximum absolute atomic E-state index is 12.1. The Morgan fingerprint density at radius 2 is 1.82 bits per heavy atom. The second-order valence-electron chi connectivity index (χ2n) is 5.10. The molecule has 1 N–H and O–H groups in total. The third-order valence-corrected chi connectivity index (χ3v) is 4.50. The van der Waals surface area contributed by atoms with Crippen LogP contribution in [0.25, 0.3) is 21.0 Å². The van der Waals surface area contributed by atoms with Crippen molar-refractivity contribution < 1.29 is 4.74 Å². The summed E-state index contributed by atoms with van der Waals surface area (Å²) >= 11 is 1.54. The van der Waals surface area contributed by atoms with Gasteiger partial charge in [0.15, 0.2) is 0 Å². The normalized spacial score (nSPS) is 11.1. The Hall–Kier alpha value is -2.59. The highest BCUT2D eigenvalue weighted by Crippen LogP contribution is 2.28. The van der Waals surface area contributed by atoms with Crippen LogP contribution in [-0.2, 0) is 6.61 Å². The lowest BCUT2D eigenvalue weighted by Gasteiger charge is -2.08. The van der Waals surface area contributed by atoms with E-state index in [1.807, 2.05) is 60.0 Å². The van der Waals surface area contributed by atoms with Crippen LogP contribution in [-0.4, -0.2) is 4.98 Å². The van der Waals surface area contributed by atoms with Crippen molar-refractivity contribution in [1.29, 1.82) is 0 Å². The van der Waals surface area contributed by atoms with Gasteiger partial charge < -0.3 is 9.72 Å². The summed E-state index contributed by atoms with van der Waals surface area (Å²) in [6, 6.07) is 17.7. The van der Waals surface area contributed by atoms with Crippen molar-refractivity contribution in [3.05, 3.63) is 75.9 Å². The molecule has 0 aliphatic rings. The molecule has 2 aromatic carbocycles. The Bertz CT molecular complexity index is 1000. The number of hydrogen-bond donors (Lipinski definition) is 1. The average Bonchev–Trinajstić information content (AvgIpc) is 3.02. The Morgan fingerprint density at radius 3 is 2.68 bits per heavy atom. The molecule has 0 fully saturated rings. The van der Waals surface area contributed by atoms with Gasteiger partial charge in [0, 0.05) is 16.2 Å². The summed E-state index contributed by atoms with van der Waals surface area (Å²) in [6.07, 6.45) is 0. The van der Waals surface area contributed by atoms with Crippen LogP contribution >= 0.6 is 11.3 Å². The molecule has 2 heterocycles. The lowest BCUT2D eigenvalue weighted by Crippen LogP contribution is -2.05. The van der Waals surface area contributed by atoms with Gasteiger partial charge in [0.25, 0.3) is 5.56 Å². The van der Waals surface area contributed by atoms with Crippen molar-refractivity contribution in [2.24, 2.45) is 0 Å². The molecule has 4 rings (SSSR count). The number of pyridine rings is 1. The molecular weight excluding hydrogens is 294 g/mol. The Kier molecular flexibility index (Phi) is 3.16. The number of hydrogen-bond acceptors (Lipinski definition) is 3. The molecular formula is C18H13NO2S. The molecule has 0 spiro atoms. The number of fused-ring (bicyclic) bond motifs is 3. The van der Waals surface area contributed by atoms with Crippen molar-refractivity contribution >= 4 is 32.3 Å². The monoisotopic (exact) mass is 307 g/mol. The number of aromatic nitrogens is 1. The predicted octanol–water partition coefficient (Wildman–Crippen LogP) is 4.32. The van der Waals surface area contributed by atoms with Crippen molar-refractivity contribution in [3.63, 3.8) is 0 Å². The van der Waals surface area contributed by atoms with Gasteiger partial charge in [0.1, 0.15) is 17.2 Å². The zero-order valence-corrected chi connectivity index (χ0v) is 12.5. The van der Waals surface area contributed by atoms with Gasteiger partial charge in [0.05, 0.1) is 0 Å². The van der Waals surface area contributed by atoms with E-state index in [4.69, 9.17) is 4.74 Å². The van der Waals surface area contributed by atoms with E-state index in [9.17, 15) is 4.79 Å². The lowest BCUT2D eigenvalue weighted by atomic mass is 10.1. The summed E-state index contributed by atoms with van der Waals surface area (Å²) in [6.45, 7) is 0.516.